The molecule has 0 unspecified atom stereocenters. The number of nitrogens with zero attached hydrogens (tertiary/aromatic N) is 1. The Hall–Kier alpha value is -1.36. The summed E-state index contributed by atoms with van der Waals surface area (Å²) in [5.41, 5.74) is 13.1. The third-order valence-electron chi connectivity index (χ3n) is 2.73. The fourth-order valence-electron chi connectivity index (χ4n) is 1.93. The van der Waals surface area contributed by atoms with Crippen molar-refractivity contribution in [1.29, 1.82) is 0 Å². The number of anilines is 2. The second-order valence-electron chi connectivity index (χ2n) is 4.15. The van der Waals surface area contributed by atoms with Crippen LogP contribution in [-0.4, -0.2) is 35.4 Å². The van der Waals surface area contributed by atoms with E-state index in [4.69, 9.17) is 11.5 Å². The minimum absolute atomic E-state index is 0.0338. The van der Waals surface area contributed by atoms with E-state index in [2.05, 4.69) is 0 Å². The first-order valence-electron chi connectivity index (χ1n) is 5.70. The topological polar surface area (TPSA) is 72.3 Å². The lowest BCUT2D eigenvalue weighted by Crippen LogP contribution is -2.33. The number of nitrogens with two attached hydrogens (primary N) is 2. The molecule has 0 saturated carbocycles. The van der Waals surface area contributed by atoms with E-state index in [-0.39, 0.29) is 5.91 Å². The van der Waals surface area contributed by atoms with Gasteiger partial charge in [0.15, 0.2) is 0 Å². The fraction of sp³-hybridized carbons (Fsp3) is 0.417. The lowest BCUT2D eigenvalue weighted by Gasteiger charge is -2.20. The SMILES string of the molecule is Nc1cc(N)cc(C(=O)N2CCCSCC2)c1. The van der Waals surface area contributed by atoms with Crippen LogP contribution in [0, 0.1) is 0 Å². The van der Waals surface area contributed by atoms with Gasteiger partial charge in [-0.1, -0.05) is 0 Å². The Morgan fingerprint density at radius 3 is 2.53 bits per heavy atom. The van der Waals surface area contributed by atoms with Crippen molar-refractivity contribution in [3.63, 3.8) is 0 Å². The van der Waals surface area contributed by atoms with Crippen molar-refractivity contribution in [1.82, 2.24) is 4.90 Å². The van der Waals surface area contributed by atoms with Crippen molar-refractivity contribution in [3.8, 4) is 0 Å². The Morgan fingerprint density at radius 2 is 1.82 bits per heavy atom. The number of hydrogen-bond donors (Lipinski definition) is 2. The predicted octanol–water partition coefficient (Wildman–Crippen LogP) is 1.43. The summed E-state index contributed by atoms with van der Waals surface area (Å²) in [7, 11) is 0. The van der Waals surface area contributed by atoms with E-state index in [1.807, 2.05) is 16.7 Å². The quantitative estimate of drug-likeness (QED) is 0.741. The average Bonchev–Trinajstić information content (AvgIpc) is 2.55. The molecule has 0 spiro atoms. The Labute approximate surface area is 105 Å². The highest BCUT2D eigenvalue weighted by Crippen LogP contribution is 2.17. The molecule has 1 aromatic carbocycles. The standard InChI is InChI=1S/C12H17N3OS/c13-10-6-9(7-11(14)8-10)12(16)15-2-1-4-17-5-3-15/h6-8H,1-5,13-14H2. The molecule has 1 amide bonds. The zero-order valence-electron chi connectivity index (χ0n) is 9.69. The molecular weight excluding hydrogens is 234 g/mol. The molecule has 1 aliphatic heterocycles. The molecule has 0 atom stereocenters. The van der Waals surface area contributed by atoms with Crippen LogP contribution in [0.4, 0.5) is 11.4 Å². The van der Waals surface area contributed by atoms with Crippen LogP contribution in [0.3, 0.4) is 0 Å². The molecule has 1 aromatic rings. The first kappa shape index (κ1) is 12.1. The van der Waals surface area contributed by atoms with E-state index in [0.717, 1.165) is 31.0 Å². The van der Waals surface area contributed by atoms with Gasteiger partial charge in [0.2, 0.25) is 0 Å². The van der Waals surface area contributed by atoms with Gasteiger partial charge in [-0.25, -0.2) is 0 Å². The summed E-state index contributed by atoms with van der Waals surface area (Å²) in [5, 5.41) is 0. The average molecular weight is 251 g/mol. The van der Waals surface area contributed by atoms with Gasteiger partial charge in [-0.15, -0.1) is 0 Å². The maximum absolute atomic E-state index is 12.3. The highest BCUT2D eigenvalue weighted by atomic mass is 32.2. The van der Waals surface area contributed by atoms with Crippen LogP contribution < -0.4 is 11.5 Å². The van der Waals surface area contributed by atoms with Crippen molar-refractivity contribution in [2.45, 2.75) is 6.42 Å². The maximum atomic E-state index is 12.3. The zero-order valence-corrected chi connectivity index (χ0v) is 10.5. The highest BCUT2D eigenvalue weighted by molar-refractivity contribution is 7.99. The molecular formula is C12H17N3OS. The summed E-state index contributed by atoms with van der Waals surface area (Å²) in [6, 6.07) is 5.04. The zero-order chi connectivity index (χ0) is 12.3. The number of carbonyl (C=O) groups is 1. The van der Waals surface area contributed by atoms with Gasteiger partial charge in [-0.2, -0.15) is 11.8 Å². The summed E-state index contributed by atoms with van der Waals surface area (Å²) in [6.07, 6.45) is 1.05. The lowest BCUT2D eigenvalue weighted by atomic mass is 10.1. The van der Waals surface area contributed by atoms with Crippen molar-refractivity contribution >= 4 is 29.0 Å². The van der Waals surface area contributed by atoms with E-state index in [9.17, 15) is 4.79 Å². The van der Waals surface area contributed by atoms with Gasteiger partial charge in [0, 0.05) is 35.8 Å². The molecule has 4 nitrogen and oxygen atoms in total. The van der Waals surface area contributed by atoms with E-state index >= 15 is 0 Å². The second-order valence-corrected chi connectivity index (χ2v) is 5.37. The molecule has 0 aliphatic carbocycles. The number of nitrogen functional groups attached to an aromatic ring is 2. The van der Waals surface area contributed by atoms with Crippen molar-refractivity contribution in [2.24, 2.45) is 0 Å². The largest absolute Gasteiger partial charge is 0.399 e. The Kier molecular flexibility index (Phi) is 3.78. The van der Waals surface area contributed by atoms with Crippen LogP contribution >= 0.6 is 11.8 Å². The summed E-state index contributed by atoms with van der Waals surface area (Å²) >= 11 is 1.90. The first-order chi connectivity index (χ1) is 8.16. The van der Waals surface area contributed by atoms with E-state index in [1.54, 1.807) is 18.2 Å². The fourth-order valence-corrected chi connectivity index (χ4v) is 2.82. The summed E-state index contributed by atoms with van der Waals surface area (Å²) < 4.78 is 0. The Bertz CT molecular complexity index is 394. The van der Waals surface area contributed by atoms with Gasteiger partial charge in [0.25, 0.3) is 5.91 Å². The van der Waals surface area contributed by atoms with E-state index < -0.39 is 0 Å². The van der Waals surface area contributed by atoms with Gasteiger partial charge < -0.3 is 16.4 Å². The monoisotopic (exact) mass is 251 g/mol. The molecule has 1 saturated heterocycles. The predicted molar refractivity (Wildman–Crippen MR) is 73.1 cm³/mol. The van der Waals surface area contributed by atoms with E-state index in [0.29, 0.717) is 16.9 Å². The third-order valence-corrected chi connectivity index (χ3v) is 3.78. The summed E-state index contributed by atoms with van der Waals surface area (Å²) in [5.74, 6) is 2.17. The summed E-state index contributed by atoms with van der Waals surface area (Å²) in [4.78, 5) is 14.1. The molecule has 92 valence electrons. The number of rotatable bonds is 1. The molecule has 0 bridgehead atoms. The van der Waals surface area contributed by atoms with Crippen molar-refractivity contribution < 1.29 is 4.79 Å². The third kappa shape index (κ3) is 3.06. The lowest BCUT2D eigenvalue weighted by molar-refractivity contribution is 0.0768. The number of carbonyl (C=O) groups excluding carboxylic acids is 1. The summed E-state index contributed by atoms with van der Waals surface area (Å²) in [6.45, 7) is 1.62. The molecule has 4 N–H and O–H groups in total. The smallest absolute Gasteiger partial charge is 0.254 e. The molecule has 5 heteroatoms. The van der Waals surface area contributed by atoms with Gasteiger partial charge in [0.05, 0.1) is 0 Å². The van der Waals surface area contributed by atoms with E-state index in [1.165, 1.54) is 0 Å². The number of hydrogen-bond acceptors (Lipinski definition) is 4. The van der Waals surface area contributed by atoms with Gasteiger partial charge >= 0.3 is 0 Å². The van der Waals surface area contributed by atoms with Gasteiger partial charge in [-0.05, 0) is 30.4 Å². The molecule has 0 aromatic heterocycles. The highest BCUT2D eigenvalue weighted by Gasteiger charge is 2.17. The number of benzene rings is 1. The second kappa shape index (κ2) is 5.31. The number of thioether (sulfide) groups is 1. The van der Waals surface area contributed by atoms with Crippen LogP contribution in [0.25, 0.3) is 0 Å². The Morgan fingerprint density at radius 1 is 1.12 bits per heavy atom. The molecule has 2 rings (SSSR count). The number of amides is 1. The Balaban J connectivity index is 2.17. The van der Waals surface area contributed by atoms with Crippen LogP contribution in [0.5, 0.6) is 0 Å². The van der Waals surface area contributed by atoms with Crippen molar-refractivity contribution in [2.75, 3.05) is 36.1 Å². The molecule has 1 fully saturated rings. The first-order valence-corrected chi connectivity index (χ1v) is 6.85. The molecule has 0 radical (unpaired) electrons. The maximum Gasteiger partial charge on any atom is 0.254 e. The van der Waals surface area contributed by atoms with Crippen LogP contribution in [-0.2, 0) is 0 Å². The van der Waals surface area contributed by atoms with Crippen LogP contribution in [0.1, 0.15) is 16.8 Å². The van der Waals surface area contributed by atoms with Gasteiger partial charge in [0.1, 0.15) is 0 Å². The normalized spacial score (nSPS) is 16.6. The molecule has 17 heavy (non-hydrogen) atoms. The molecule has 1 heterocycles. The van der Waals surface area contributed by atoms with Crippen LogP contribution in [0.15, 0.2) is 18.2 Å². The van der Waals surface area contributed by atoms with Gasteiger partial charge in [-0.3, -0.25) is 4.79 Å². The van der Waals surface area contributed by atoms with Crippen LogP contribution in [0.2, 0.25) is 0 Å². The minimum atomic E-state index is 0.0338. The van der Waals surface area contributed by atoms with Crippen molar-refractivity contribution in [3.05, 3.63) is 23.8 Å². The minimum Gasteiger partial charge on any atom is -0.399 e. The molecule has 1 aliphatic rings.